The Balaban J connectivity index is 2.03. The van der Waals surface area contributed by atoms with Gasteiger partial charge in [0.15, 0.2) is 0 Å². The summed E-state index contributed by atoms with van der Waals surface area (Å²) in [6.45, 7) is 11.3. The van der Waals surface area contributed by atoms with Gasteiger partial charge in [0, 0.05) is 31.4 Å². The Kier molecular flexibility index (Phi) is 2.77. The van der Waals surface area contributed by atoms with E-state index in [0.29, 0.717) is 5.92 Å². The van der Waals surface area contributed by atoms with Crippen molar-refractivity contribution in [3.63, 3.8) is 0 Å². The highest BCUT2D eigenvalue weighted by molar-refractivity contribution is 5.09. The molecule has 3 nitrogen and oxygen atoms in total. The lowest BCUT2D eigenvalue weighted by atomic mass is 9.94. The molecule has 2 rings (SSSR count). The fourth-order valence-electron chi connectivity index (χ4n) is 2.60. The van der Waals surface area contributed by atoms with Crippen molar-refractivity contribution in [2.45, 2.75) is 38.3 Å². The van der Waals surface area contributed by atoms with Gasteiger partial charge in [-0.3, -0.25) is 0 Å². The number of nitrogens with zero attached hydrogens (tertiary/aromatic N) is 1. The van der Waals surface area contributed by atoms with E-state index in [4.69, 9.17) is 10.5 Å². The zero-order valence-electron chi connectivity index (χ0n) is 9.83. The van der Waals surface area contributed by atoms with Crippen LogP contribution in [0.1, 0.15) is 26.7 Å². The number of rotatable bonds is 2. The number of ether oxygens (including phenoxy) is 1. The minimum Gasteiger partial charge on any atom is -0.372 e. The SMILES string of the molecule is C=C(C(C)C)N1CCC2(C1)OCCC2N. The molecule has 0 aliphatic carbocycles. The maximum Gasteiger partial charge on any atom is 0.102 e. The van der Waals surface area contributed by atoms with Crippen molar-refractivity contribution in [2.75, 3.05) is 19.7 Å². The zero-order chi connectivity index (χ0) is 11.1. The number of allylic oxidation sites excluding steroid dienone is 1. The van der Waals surface area contributed by atoms with Crippen molar-refractivity contribution in [3.05, 3.63) is 12.3 Å². The van der Waals surface area contributed by atoms with E-state index in [1.807, 2.05) is 0 Å². The highest BCUT2D eigenvalue weighted by Crippen LogP contribution is 2.36. The van der Waals surface area contributed by atoms with Gasteiger partial charge in [0.1, 0.15) is 5.60 Å². The van der Waals surface area contributed by atoms with Crippen LogP contribution in [0.4, 0.5) is 0 Å². The molecule has 2 aliphatic heterocycles. The van der Waals surface area contributed by atoms with Gasteiger partial charge in [0.2, 0.25) is 0 Å². The number of likely N-dealkylation sites (tertiary alicyclic amines) is 1. The second-order valence-electron chi connectivity index (χ2n) is 5.13. The van der Waals surface area contributed by atoms with E-state index in [9.17, 15) is 0 Å². The van der Waals surface area contributed by atoms with Gasteiger partial charge in [0.25, 0.3) is 0 Å². The van der Waals surface area contributed by atoms with Crippen LogP contribution in [0.5, 0.6) is 0 Å². The minimum absolute atomic E-state index is 0.0716. The van der Waals surface area contributed by atoms with Crippen molar-refractivity contribution in [1.82, 2.24) is 4.90 Å². The minimum atomic E-state index is -0.0716. The summed E-state index contributed by atoms with van der Waals surface area (Å²) in [6.07, 6.45) is 2.06. The van der Waals surface area contributed by atoms with Gasteiger partial charge in [0.05, 0.1) is 0 Å². The molecular weight excluding hydrogens is 188 g/mol. The van der Waals surface area contributed by atoms with Crippen LogP contribution in [-0.4, -0.2) is 36.2 Å². The molecule has 2 N–H and O–H groups in total. The molecule has 0 aromatic heterocycles. The first-order chi connectivity index (χ1) is 7.05. The van der Waals surface area contributed by atoms with Gasteiger partial charge < -0.3 is 15.4 Å². The van der Waals surface area contributed by atoms with Crippen molar-refractivity contribution >= 4 is 0 Å². The quantitative estimate of drug-likeness (QED) is 0.747. The highest BCUT2D eigenvalue weighted by atomic mass is 16.5. The van der Waals surface area contributed by atoms with Crippen molar-refractivity contribution in [2.24, 2.45) is 11.7 Å². The van der Waals surface area contributed by atoms with E-state index in [-0.39, 0.29) is 11.6 Å². The molecule has 0 aromatic carbocycles. The highest BCUT2D eigenvalue weighted by Gasteiger charge is 2.47. The third kappa shape index (κ3) is 1.79. The molecule has 0 bridgehead atoms. The van der Waals surface area contributed by atoms with E-state index < -0.39 is 0 Å². The smallest absolute Gasteiger partial charge is 0.102 e. The van der Waals surface area contributed by atoms with Crippen LogP contribution >= 0.6 is 0 Å². The summed E-state index contributed by atoms with van der Waals surface area (Å²) >= 11 is 0. The summed E-state index contributed by atoms with van der Waals surface area (Å²) in [5, 5.41) is 0. The van der Waals surface area contributed by atoms with E-state index in [0.717, 1.165) is 32.5 Å². The van der Waals surface area contributed by atoms with Crippen LogP contribution in [0.2, 0.25) is 0 Å². The molecular formula is C12H22N2O. The molecule has 15 heavy (non-hydrogen) atoms. The zero-order valence-corrected chi connectivity index (χ0v) is 9.83. The van der Waals surface area contributed by atoms with Crippen molar-refractivity contribution < 1.29 is 4.74 Å². The lowest BCUT2D eigenvalue weighted by molar-refractivity contribution is 0.00623. The van der Waals surface area contributed by atoms with Gasteiger partial charge >= 0.3 is 0 Å². The predicted octanol–water partition coefficient (Wildman–Crippen LogP) is 1.35. The van der Waals surface area contributed by atoms with Gasteiger partial charge in [-0.05, 0) is 18.8 Å². The molecule has 0 radical (unpaired) electrons. The van der Waals surface area contributed by atoms with E-state index in [1.54, 1.807) is 0 Å². The molecule has 2 fully saturated rings. The molecule has 2 atom stereocenters. The molecule has 0 aromatic rings. The maximum atomic E-state index is 6.13. The number of hydrogen-bond acceptors (Lipinski definition) is 3. The summed E-state index contributed by atoms with van der Waals surface area (Å²) in [7, 11) is 0. The first-order valence-electron chi connectivity index (χ1n) is 5.88. The average molecular weight is 210 g/mol. The van der Waals surface area contributed by atoms with Gasteiger partial charge in [-0.25, -0.2) is 0 Å². The van der Waals surface area contributed by atoms with Gasteiger partial charge in [-0.15, -0.1) is 0 Å². The molecule has 2 aliphatic rings. The first kappa shape index (κ1) is 11.0. The Morgan fingerprint density at radius 3 is 2.87 bits per heavy atom. The predicted molar refractivity (Wildman–Crippen MR) is 61.4 cm³/mol. The number of hydrogen-bond donors (Lipinski definition) is 1. The first-order valence-corrected chi connectivity index (χ1v) is 5.88. The number of nitrogens with two attached hydrogens (primary N) is 1. The maximum absolute atomic E-state index is 6.13. The molecule has 2 unspecified atom stereocenters. The fourth-order valence-corrected chi connectivity index (χ4v) is 2.60. The fraction of sp³-hybridized carbons (Fsp3) is 0.833. The lowest BCUT2D eigenvalue weighted by Gasteiger charge is -2.30. The molecule has 1 spiro atoms. The summed E-state index contributed by atoms with van der Waals surface area (Å²) < 4.78 is 5.87. The second-order valence-corrected chi connectivity index (χ2v) is 5.13. The molecule has 86 valence electrons. The molecule has 0 saturated carbocycles. The van der Waals surface area contributed by atoms with Gasteiger partial charge in [-0.2, -0.15) is 0 Å². The Bertz CT molecular complexity index is 264. The van der Waals surface area contributed by atoms with Crippen LogP contribution < -0.4 is 5.73 Å². The van der Waals surface area contributed by atoms with Crippen LogP contribution in [0, 0.1) is 5.92 Å². The van der Waals surface area contributed by atoms with E-state index >= 15 is 0 Å². The van der Waals surface area contributed by atoms with E-state index in [1.165, 1.54) is 5.70 Å². The van der Waals surface area contributed by atoms with Crippen LogP contribution in [0.15, 0.2) is 12.3 Å². The third-order valence-electron chi connectivity index (χ3n) is 3.83. The Labute approximate surface area is 92.3 Å². The van der Waals surface area contributed by atoms with Gasteiger partial charge in [-0.1, -0.05) is 20.4 Å². The topological polar surface area (TPSA) is 38.5 Å². The third-order valence-corrected chi connectivity index (χ3v) is 3.83. The van der Waals surface area contributed by atoms with Crippen LogP contribution in [0.25, 0.3) is 0 Å². The summed E-state index contributed by atoms with van der Waals surface area (Å²) in [5.74, 6) is 0.512. The van der Waals surface area contributed by atoms with Crippen molar-refractivity contribution in [1.29, 1.82) is 0 Å². The monoisotopic (exact) mass is 210 g/mol. The normalized spacial score (nSPS) is 35.7. The average Bonchev–Trinajstić information content (AvgIpc) is 2.76. The molecule has 3 heteroatoms. The standard InChI is InChI=1S/C12H22N2O/c1-9(2)10(3)14-6-5-12(8-14)11(13)4-7-15-12/h9,11H,3-8,13H2,1-2H3. The lowest BCUT2D eigenvalue weighted by Crippen LogP contribution is -2.46. The molecule has 2 saturated heterocycles. The Morgan fingerprint density at radius 2 is 2.33 bits per heavy atom. The van der Waals surface area contributed by atoms with E-state index in [2.05, 4.69) is 25.3 Å². The molecule has 0 amide bonds. The summed E-state index contributed by atoms with van der Waals surface area (Å²) in [6, 6.07) is 0.211. The Hall–Kier alpha value is -0.540. The van der Waals surface area contributed by atoms with Crippen molar-refractivity contribution in [3.8, 4) is 0 Å². The summed E-state index contributed by atoms with van der Waals surface area (Å²) in [4.78, 5) is 2.34. The van der Waals surface area contributed by atoms with Crippen LogP contribution in [-0.2, 0) is 4.74 Å². The Morgan fingerprint density at radius 1 is 1.60 bits per heavy atom. The van der Waals surface area contributed by atoms with Crippen LogP contribution in [0.3, 0.4) is 0 Å². The summed E-state index contributed by atoms with van der Waals surface area (Å²) in [5.41, 5.74) is 7.28. The second kappa shape index (κ2) is 3.80. The largest absolute Gasteiger partial charge is 0.372 e. The molecule has 2 heterocycles.